The molecule has 0 spiro atoms. The maximum atomic E-state index is 5.44. The lowest BCUT2D eigenvalue weighted by Gasteiger charge is -2.10. The maximum absolute atomic E-state index is 5.44. The normalized spacial score (nSPS) is 11.6. The lowest BCUT2D eigenvalue weighted by Crippen LogP contribution is -2.38. The van der Waals surface area contributed by atoms with Crippen LogP contribution < -0.4 is 10.6 Å². The number of thiazole rings is 1. The van der Waals surface area contributed by atoms with Crippen LogP contribution in [0.5, 0.6) is 0 Å². The average Bonchev–Trinajstić information content (AvgIpc) is 3.39. The van der Waals surface area contributed by atoms with Gasteiger partial charge in [-0.2, -0.15) is 0 Å². The molecule has 2 heterocycles. The van der Waals surface area contributed by atoms with Gasteiger partial charge in [0.25, 0.3) is 0 Å². The van der Waals surface area contributed by atoms with E-state index in [2.05, 4.69) is 54.1 Å². The molecule has 1 aromatic carbocycles. The summed E-state index contributed by atoms with van der Waals surface area (Å²) in [4.78, 5) is 9.49. The number of nitrogens with one attached hydrogen (secondary N) is 2. The minimum Gasteiger partial charge on any atom is -0.361 e. The third kappa shape index (κ3) is 5.67. The molecule has 0 aliphatic carbocycles. The van der Waals surface area contributed by atoms with Crippen molar-refractivity contribution < 1.29 is 4.52 Å². The summed E-state index contributed by atoms with van der Waals surface area (Å²) in [5.41, 5.74) is 4.37. The second-order valence-corrected chi connectivity index (χ2v) is 7.48. The van der Waals surface area contributed by atoms with E-state index in [1.165, 1.54) is 5.56 Å². The molecule has 154 valence electrons. The Balaban J connectivity index is 1.58. The third-order valence-electron chi connectivity index (χ3n) is 4.59. The van der Waals surface area contributed by atoms with E-state index in [1.54, 1.807) is 11.3 Å². The Morgan fingerprint density at radius 2 is 1.93 bits per heavy atom. The molecular weight excluding hydrogens is 382 g/mol. The maximum Gasteiger partial charge on any atom is 0.191 e. The lowest BCUT2D eigenvalue weighted by atomic mass is 10.1. The van der Waals surface area contributed by atoms with Gasteiger partial charge in [-0.15, -0.1) is 11.3 Å². The van der Waals surface area contributed by atoms with Gasteiger partial charge in [0.1, 0.15) is 10.8 Å². The van der Waals surface area contributed by atoms with Crippen molar-refractivity contribution in [2.45, 2.75) is 46.6 Å². The topological polar surface area (TPSA) is 75.3 Å². The van der Waals surface area contributed by atoms with E-state index in [-0.39, 0.29) is 0 Å². The first kappa shape index (κ1) is 21.0. The number of rotatable bonds is 9. The largest absolute Gasteiger partial charge is 0.361 e. The number of benzene rings is 1. The highest BCUT2D eigenvalue weighted by atomic mass is 32.1. The van der Waals surface area contributed by atoms with E-state index in [4.69, 9.17) is 14.5 Å². The molecule has 0 bridgehead atoms. The monoisotopic (exact) mass is 411 g/mol. The van der Waals surface area contributed by atoms with Gasteiger partial charge in [0, 0.05) is 42.4 Å². The first-order valence-corrected chi connectivity index (χ1v) is 11.1. The van der Waals surface area contributed by atoms with Crippen molar-refractivity contribution in [1.82, 2.24) is 20.8 Å². The molecule has 2 N–H and O–H groups in total. The summed E-state index contributed by atoms with van der Waals surface area (Å²) in [6.07, 6.45) is 2.53. The predicted octanol–water partition coefficient (Wildman–Crippen LogP) is 4.22. The Morgan fingerprint density at radius 1 is 1.10 bits per heavy atom. The Labute approximate surface area is 176 Å². The van der Waals surface area contributed by atoms with E-state index < -0.39 is 0 Å². The lowest BCUT2D eigenvalue weighted by molar-refractivity contribution is 0.380. The molecule has 6 nitrogen and oxygen atoms in total. The highest BCUT2D eigenvalue weighted by Crippen LogP contribution is 2.23. The van der Waals surface area contributed by atoms with Crippen molar-refractivity contribution in [2.75, 3.05) is 13.1 Å². The van der Waals surface area contributed by atoms with Crippen LogP contribution in [0.1, 0.15) is 43.5 Å². The van der Waals surface area contributed by atoms with Gasteiger partial charge in [0.05, 0.1) is 17.9 Å². The molecule has 2 aromatic heterocycles. The summed E-state index contributed by atoms with van der Waals surface area (Å²) in [6.45, 7) is 8.39. The first-order valence-electron chi connectivity index (χ1n) is 10.2. The molecule has 0 aliphatic heterocycles. The number of aliphatic imine (C=N–C) groups is 1. The minimum absolute atomic E-state index is 0.569. The summed E-state index contributed by atoms with van der Waals surface area (Å²) in [7, 11) is 0. The van der Waals surface area contributed by atoms with Crippen molar-refractivity contribution in [2.24, 2.45) is 4.99 Å². The summed E-state index contributed by atoms with van der Waals surface area (Å²) in [5.74, 6) is 1.73. The van der Waals surface area contributed by atoms with E-state index in [0.717, 1.165) is 66.0 Å². The van der Waals surface area contributed by atoms with Crippen molar-refractivity contribution in [3.8, 4) is 10.6 Å². The highest BCUT2D eigenvalue weighted by Gasteiger charge is 2.13. The molecule has 3 rings (SSSR count). The molecule has 7 heteroatoms. The molecule has 29 heavy (non-hydrogen) atoms. The van der Waals surface area contributed by atoms with Gasteiger partial charge >= 0.3 is 0 Å². The van der Waals surface area contributed by atoms with Gasteiger partial charge < -0.3 is 15.2 Å². The Bertz CT molecular complexity index is 895. The average molecular weight is 412 g/mol. The number of hydrogen-bond acceptors (Lipinski definition) is 5. The van der Waals surface area contributed by atoms with Crippen LogP contribution in [-0.2, 0) is 25.8 Å². The van der Waals surface area contributed by atoms with Crippen LogP contribution in [0.4, 0.5) is 0 Å². The zero-order valence-corrected chi connectivity index (χ0v) is 18.2. The minimum atomic E-state index is 0.569. The van der Waals surface area contributed by atoms with Crippen LogP contribution in [-0.4, -0.2) is 29.2 Å². The van der Waals surface area contributed by atoms with Crippen LogP contribution in [0.25, 0.3) is 10.6 Å². The molecule has 0 atom stereocenters. The van der Waals surface area contributed by atoms with Gasteiger partial charge in [-0.05, 0) is 13.3 Å². The zero-order chi connectivity index (χ0) is 20.5. The first-order chi connectivity index (χ1) is 14.2. The standard InChI is InChI=1S/C22H29N5OS/c1-4-19-18(20(5-2)28-27-19)14-25-22(23-6-3)24-13-12-17-15-29-21(26-17)16-10-8-7-9-11-16/h7-11,15H,4-6,12-14H2,1-3H3,(H2,23,24,25). The van der Waals surface area contributed by atoms with Crippen LogP contribution in [0.2, 0.25) is 0 Å². The number of guanidine groups is 1. The zero-order valence-electron chi connectivity index (χ0n) is 17.4. The summed E-state index contributed by atoms with van der Waals surface area (Å²) < 4.78 is 5.44. The smallest absolute Gasteiger partial charge is 0.191 e. The molecule has 3 aromatic rings. The fourth-order valence-electron chi connectivity index (χ4n) is 3.06. The second kappa shape index (κ2) is 10.8. The van der Waals surface area contributed by atoms with Crippen LogP contribution in [0.3, 0.4) is 0 Å². The predicted molar refractivity (Wildman–Crippen MR) is 119 cm³/mol. The van der Waals surface area contributed by atoms with E-state index in [9.17, 15) is 0 Å². The summed E-state index contributed by atoms with van der Waals surface area (Å²) in [5, 5.41) is 14.1. The molecule has 0 aliphatic rings. The molecule has 0 fully saturated rings. The molecule has 0 saturated heterocycles. The molecule has 0 unspecified atom stereocenters. The van der Waals surface area contributed by atoms with E-state index in [1.807, 2.05) is 18.2 Å². The van der Waals surface area contributed by atoms with Crippen molar-refractivity contribution in [3.05, 3.63) is 58.4 Å². The molecule has 0 radical (unpaired) electrons. The molecular formula is C22H29N5OS. The fraction of sp³-hybridized carbons (Fsp3) is 0.409. The summed E-state index contributed by atoms with van der Waals surface area (Å²) >= 11 is 1.69. The second-order valence-electron chi connectivity index (χ2n) is 6.62. The Kier molecular flexibility index (Phi) is 7.81. The van der Waals surface area contributed by atoms with Gasteiger partial charge in [0.15, 0.2) is 5.96 Å². The molecule has 0 saturated carbocycles. The van der Waals surface area contributed by atoms with Crippen molar-refractivity contribution in [3.63, 3.8) is 0 Å². The van der Waals surface area contributed by atoms with Gasteiger partial charge in [-0.3, -0.25) is 0 Å². The van der Waals surface area contributed by atoms with Crippen LogP contribution in [0, 0.1) is 0 Å². The SMILES string of the molecule is CCNC(=NCc1c(CC)noc1CC)NCCc1csc(-c2ccccc2)n1. The highest BCUT2D eigenvalue weighted by molar-refractivity contribution is 7.13. The van der Waals surface area contributed by atoms with E-state index in [0.29, 0.717) is 6.54 Å². The third-order valence-corrected chi connectivity index (χ3v) is 5.53. The van der Waals surface area contributed by atoms with Gasteiger partial charge in [-0.25, -0.2) is 9.98 Å². The van der Waals surface area contributed by atoms with Crippen molar-refractivity contribution in [1.29, 1.82) is 0 Å². The number of nitrogens with zero attached hydrogens (tertiary/aromatic N) is 3. The number of aromatic nitrogens is 2. The van der Waals surface area contributed by atoms with Gasteiger partial charge in [-0.1, -0.05) is 49.3 Å². The Hall–Kier alpha value is -2.67. The fourth-order valence-corrected chi connectivity index (χ4v) is 3.92. The molecule has 0 amide bonds. The van der Waals surface area contributed by atoms with Crippen molar-refractivity contribution >= 4 is 17.3 Å². The summed E-state index contributed by atoms with van der Waals surface area (Å²) in [6, 6.07) is 10.3. The van der Waals surface area contributed by atoms with Crippen LogP contribution in [0.15, 0.2) is 45.2 Å². The van der Waals surface area contributed by atoms with E-state index >= 15 is 0 Å². The quantitative estimate of drug-likeness (QED) is 0.407. The Morgan fingerprint density at radius 3 is 2.66 bits per heavy atom. The number of hydrogen-bond donors (Lipinski definition) is 2. The number of aryl methyl sites for hydroxylation is 2. The van der Waals surface area contributed by atoms with Gasteiger partial charge in [0.2, 0.25) is 0 Å². The van der Waals surface area contributed by atoms with Crippen LogP contribution >= 0.6 is 11.3 Å².